The van der Waals surface area contributed by atoms with Crippen molar-refractivity contribution in [2.24, 2.45) is 0 Å². The predicted octanol–water partition coefficient (Wildman–Crippen LogP) is 5.67. The van der Waals surface area contributed by atoms with Crippen LogP contribution in [0.3, 0.4) is 0 Å². The van der Waals surface area contributed by atoms with Gasteiger partial charge in [0, 0.05) is 54.8 Å². The predicted molar refractivity (Wildman–Crippen MR) is 126 cm³/mol. The zero-order valence-corrected chi connectivity index (χ0v) is 18.6. The number of hydrogen-bond donors (Lipinski definition) is 2. The first-order valence-corrected chi connectivity index (χ1v) is 11.0. The number of nitrogens with one attached hydrogen (secondary N) is 1. The number of ether oxygens (including phenoxy) is 1. The van der Waals surface area contributed by atoms with E-state index in [4.69, 9.17) is 16.3 Å². The Kier molecular flexibility index (Phi) is 6.76. The first kappa shape index (κ1) is 21.6. The summed E-state index contributed by atoms with van der Waals surface area (Å²) in [4.78, 5) is 6.38. The molecule has 0 saturated heterocycles. The second kappa shape index (κ2) is 9.69. The lowest BCUT2D eigenvalue weighted by Gasteiger charge is -2.29. The number of benzene rings is 2. The topological polar surface area (TPSA) is 57.6 Å². The van der Waals surface area contributed by atoms with Crippen LogP contribution in [0.1, 0.15) is 41.7 Å². The molecule has 3 aromatic rings. The first-order chi connectivity index (χ1) is 15.1. The molecule has 6 heteroatoms. The molecule has 0 fully saturated rings. The van der Waals surface area contributed by atoms with Gasteiger partial charge in [-0.2, -0.15) is 0 Å². The molecule has 31 heavy (non-hydrogen) atoms. The molecule has 1 aromatic heterocycles. The Morgan fingerprint density at radius 1 is 1.19 bits per heavy atom. The molecule has 1 unspecified atom stereocenters. The Morgan fingerprint density at radius 2 is 1.97 bits per heavy atom. The SMILES string of the molecule is COC(O)c1ccncc1NC[C@@H]1CCCc2cc(N(C)c3ccc(Cl)cc3)ccc21. The summed E-state index contributed by atoms with van der Waals surface area (Å²) in [7, 11) is 3.57. The van der Waals surface area contributed by atoms with Crippen molar-refractivity contribution >= 4 is 28.7 Å². The molecule has 2 aromatic carbocycles. The van der Waals surface area contributed by atoms with Gasteiger partial charge in [0.1, 0.15) is 0 Å². The number of hydrogen-bond acceptors (Lipinski definition) is 5. The van der Waals surface area contributed by atoms with Gasteiger partial charge in [0.25, 0.3) is 0 Å². The van der Waals surface area contributed by atoms with E-state index in [1.807, 2.05) is 24.3 Å². The highest BCUT2D eigenvalue weighted by atomic mass is 35.5. The molecule has 5 nitrogen and oxygen atoms in total. The standard InChI is InChI=1S/C25H28ClN3O2/c1-29(20-8-6-19(26)7-9-20)21-10-11-22-17(14-21)4-3-5-18(22)15-28-24-16-27-13-12-23(24)25(30)31-2/h6-14,16,18,25,28,30H,3-5,15H2,1-2H3/t18-,25?/m0/s1. The van der Waals surface area contributed by atoms with Crippen molar-refractivity contribution in [3.8, 4) is 0 Å². The molecule has 0 spiro atoms. The average molecular weight is 438 g/mol. The van der Waals surface area contributed by atoms with Crippen LogP contribution in [0.2, 0.25) is 5.02 Å². The summed E-state index contributed by atoms with van der Waals surface area (Å²) in [6, 6.07) is 16.4. The normalized spacial score (nSPS) is 16.5. The lowest BCUT2D eigenvalue weighted by molar-refractivity contribution is -0.0764. The zero-order chi connectivity index (χ0) is 21.8. The number of methoxy groups -OCH3 is 1. The van der Waals surface area contributed by atoms with Crippen molar-refractivity contribution in [1.82, 2.24) is 4.98 Å². The number of rotatable bonds is 7. The van der Waals surface area contributed by atoms with Crippen molar-refractivity contribution < 1.29 is 9.84 Å². The largest absolute Gasteiger partial charge is 0.383 e. The lowest BCUT2D eigenvalue weighted by Crippen LogP contribution is -2.20. The van der Waals surface area contributed by atoms with Crippen molar-refractivity contribution in [1.29, 1.82) is 0 Å². The monoisotopic (exact) mass is 437 g/mol. The number of aromatic nitrogens is 1. The fraction of sp³-hybridized carbons (Fsp3) is 0.320. The second-order valence-electron chi connectivity index (χ2n) is 7.94. The average Bonchev–Trinajstić information content (AvgIpc) is 2.82. The van der Waals surface area contributed by atoms with Gasteiger partial charge in [-0.3, -0.25) is 4.98 Å². The Morgan fingerprint density at radius 3 is 2.74 bits per heavy atom. The maximum Gasteiger partial charge on any atom is 0.182 e. The molecule has 1 heterocycles. The molecular formula is C25H28ClN3O2. The Bertz CT molecular complexity index is 1030. The van der Waals surface area contributed by atoms with E-state index in [-0.39, 0.29) is 0 Å². The molecule has 2 N–H and O–H groups in total. The van der Waals surface area contributed by atoms with Gasteiger partial charge in [-0.05, 0) is 72.9 Å². The molecule has 162 valence electrons. The fourth-order valence-electron chi connectivity index (χ4n) is 4.26. The van der Waals surface area contributed by atoms with Gasteiger partial charge in [-0.25, -0.2) is 0 Å². The van der Waals surface area contributed by atoms with Gasteiger partial charge < -0.3 is 20.1 Å². The van der Waals surface area contributed by atoms with E-state index in [1.54, 1.807) is 18.5 Å². The number of fused-ring (bicyclic) bond motifs is 1. The van der Waals surface area contributed by atoms with Crippen LogP contribution < -0.4 is 10.2 Å². The molecule has 4 rings (SSSR count). The number of halogens is 1. The minimum Gasteiger partial charge on any atom is -0.383 e. The number of pyridine rings is 1. The Labute approximate surface area is 188 Å². The smallest absolute Gasteiger partial charge is 0.182 e. The molecule has 0 amide bonds. The van der Waals surface area contributed by atoms with Gasteiger partial charge in [0.2, 0.25) is 0 Å². The number of aliphatic hydroxyl groups excluding tert-OH is 1. The highest BCUT2D eigenvalue weighted by molar-refractivity contribution is 6.30. The highest BCUT2D eigenvalue weighted by Gasteiger charge is 2.22. The van der Waals surface area contributed by atoms with E-state index in [9.17, 15) is 5.11 Å². The van der Waals surface area contributed by atoms with Gasteiger partial charge >= 0.3 is 0 Å². The molecule has 1 aliphatic carbocycles. The van der Waals surface area contributed by atoms with Crippen molar-refractivity contribution in [3.05, 3.63) is 82.6 Å². The van der Waals surface area contributed by atoms with Crippen LogP contribution in [0.25, 0.3) is 0 Å². The van der Waals surface area contributed by atoms with Gasteiger partial charge in [0.15, 0.2) is 6.29 Å². The van der Waals surface area contributed by atoms with Crippen LogP contribution in [0.15, 0.2) is 60.9 Å². The summed E-state index contributed by atoms with van der Waals surface area (Å²) in [6.45, 7) is 0.786. The van der Waals surface area contributed by atoms with E-state index in [2.05, 4.69) is 40.4 Å². The third kappa shape index (κ3) is 4.85. The summed E-state index contributed by atoms with van der Waals surface area (Å²) in [5, 5.41) is 14.3. The molecule has 2 atom stereocenters. The van der Waals surface area contributed by atoms with Crippen LogP contribution >= 0.6 is 11.6 Å². The summed E-state index contributed by atoms with van der Waals surface area (Å²) < 4.78 is 5.08. The van der Waals surface area contributed by atoms with Crippen molar-refractivity contribution in [2.75, 3.05) is 30.9 Å². The van der Waals surface area contributed by atoms with Crippen LogP contribution in [0.5, 0.6) is 0 Å². The summed E-state index contributed by atoms with van der Waals surface area (Å²) in [5.41, 5.74) is 6.59. The lowest BCUT2D eigenvalue weighted by atomic mass is 9.82. The Balaban J connectivity index is 1.51. The van der Waals surface area contributed by atoms with Gasteiger partial charge in [0.05, 0.1) is 11.9 Å². The molecule has 1 aliphatic rings. The van der Waals surface area contributed by atoms with Gasteiger partial charge in [-0.15, -0.1) is 0 Å². The molecule has 0 saturated carbocycles. The number of aryl methyl sites for hydroxylation is 1. The van der Waals surface area contributed by atoms with E-state index in [0.717, 1.165) is 42.2 Å². The molecule has 0 radical (unpaired) electrons. The number of anilines is 3. The molecular weight excluding hydrogens is 410 g/mol. The van der Waals surface area contributed by atoms with Crippen LogP contribution in [0.4, 0.5) is 17.1 Å². The van der Waals surface area contributed by atoms with Crippen LogP contribution in [-0.2, 0) is 11.2 Å². The third-order valence-electron chi connectivity index (χ3n) is 6.05. The Hall–Kier alpha value is -2.60. The molecule has 0 aliphatic heterocycles. The van der Waals surface area contributed by atoms with Crippen LogP contribution in [-0.4, -0.2) is 30.8 Å². The fourth-order valence-corrected chi connectivity index (χ4v) is 4.39. The molecule has 0 bridgehead atoms. The van der Waals surface area contributed by atoms with Crippen molar-refractivity contribution in [3.63, 3.8) is 0 Å². The quantitative estimate of drug-likeness (QED) is 0.466. The maximum absolute atomic E-state index is 10.1. The third-order valence-corrected chi connectivity index (χ3v) is 6.30. The zero-order valence-electron chi connectivity index (χ0n) is 17.9. The van der Waals surface area contributed by atoms with Gasteiger partial charge in [-0.1, -0.05) is 17.7 Å². The highest BCUT2D eigenvalue weighted by Crippen LogP contribution is 2.36. The minimum atomic E-state index is -0.963. The van der Waals surface area contributed by atoms with Crippen molar-refractivity contribution in [2.45, 2.75) is 31.5 Å². The van der Waals surface area contributed by atoms with E-state index in [1.165, 1.54) is 23.9 Å². The number of aliphatic hydroxyl groups is 1. The van der Waals surface area contributed by atoms with E-state index >= 15 is 0 Å². The number of nitrogens with zero attached hydrogens (tertiary/aromatic N) is 2. The first-order valence-electron chi connectivity index (χ1n) is 10.6. The maximum atomic E-state index is 10.1. The van der Waals surface area contributed by atoms with E-state index < -0.39 is 6.29 Å². The second-order valence-corrected chi connectivity index (χ2v) is 8.38. The van der Waals surface area contributed by atoms with Crippen LogP contribution in [0, 0.1) is 0 Å². The summed E-state index contributed by atoms with van der Waals surface area (Å²) in [6.07, 6.45) is 5.83. The van der Waals surface area contributed by atoms with E-state index in [0.29, 0.717) is 11.5 Å². The minimum absolute atomic E-state index is 0.409. The summed E-state index contributed by atoms with van der Waals surface area (Å²) >= 11 is 6.03. The summed E-state index contributed by atoms with van der Waals surface area (Å²) in [5.74, 6) is 0.409.